The molecule has 1 aromatic carbocycles. The van der Waals surface area contributed by atoms with Gasteiger partial charge in [-0.1, -0.05) is 15.9 Å². The zero-order valence-corrected chi connectivity index (χ0v) is 13.1. The van der Waals surface area contributed by atoms with E-state index in [2.05, 4.69) is 15.9 Å². The van der Waals surface area contributed by atoms with Crippen LogP contribution in [-0.2, 0) is 11.2 Å². The van der Waals surface area contributed by atoms with Crippen molar-refractivity contribution in [3.63, 3.8) is 0 Å². The highest BCUT2D eigenvalue weighted by Gasteiger charge is 2.35. The van der Waals surface area contributed by atoms with E-state index < -0.39 is 5.60 Å². The lowest BCUT2D eigenvalue weighted by molar-refractivity contribution is -0.0582. The smallest absolute Gasteiger partial charge is 0.119 e. The van der Waals surface area contributed by atoms with Gasteiger partial charge in [-0.05, 0) is 43.0 Å². The van der Waals surface area contributed by atoms with Crippen LogP contribution in [0.15, 0.2) is 22.7 Å². The van der Waals surface area contributed by atoms with Crippen LogP contribution in [0.1, 0.15) is 31.2 Å². The topological polar surface area (TPSA) is 38.7 Å². The number of halogens is 1. The molecule has 0 radical (unpaired) electrons. The Labute approximate surface area is 123 Å². The lowest BCUT2D eigenvalue weighted by Crippen LogP contribution is -2.40. The van der Waals surface area contributed by atoms with Gasteiger partial charge in [-0.2, -0.15) is 0 Å². The molecule has 19 heavy (non-hydrogen) atoms. The molecule has 0 amide bonds. The fraction of sp³-hybridized carbons (Fsp3) is 0.600. The summed E-state index contributed by atoms with van der Waals surface area (Å²) in [5.74, 6) is 0.820. The van der Waals surface area contributed by atoms with Gasteiger partial charge in [0, 0.05) is 24.4 Å². The van der Waals surface area contributed by atoms with E-state index in [0.717, 1.165) is 35.0 Å². The second-order valence-corrected chi connectivity index (χ2v) is 6.17. The van der Waals surface area contributed by atoms with Gasteiger partial charge in [-0.3, -0.25) is 0 Å². The maximum Gasteiger partial charge on any atom is 0.119 e. The van der Waals surface area contributed by atoms with Gasteiger partial charge in [0.2, 0.25) is 0 Å². The molecule has 1 saturated carbocycles. The van der Waals surface area contributed by atoms with Crippen LogP contribution in [0.25, 0.3) is 0 Å². The lowest BCUT2D eigenvalue weighted by Gasteiger charge is -2.36. The molecule has 0 aromatic heterocycles. The predicted octanol–water partition coefficient (Wildman–Crippen LogP) is 3.32. The summed E-state index contributed by atoms with van der Waals surface area (Å²) in [6.07, 6.45) is 4.38. The maximum absolute atomic E-state index is 10.8. The first-order chi connectivity index (χ1) is 9.06. The Balaban J connectivity index is 2.15. The fourth-order valence-electron chi connectivity index (χ4n) is 2.82. The van der Waals surface area contributed by atoms with Gasteiger partial charge in [0.05, 0.1) is 18.8 Å². The number of hydrogen-bond acceptors (Lipinski definition) is 3. The molecule has 1 N–H and O–H groups in total. The summed E-state index contributed by atoms with van der Waals surface area (Å²) in [4.78, 5) is 0. The predicted molar refractivity (Wildman–Crippen MR) is 78.6 cm³/mol. The highest BCUT2D eigenvalue weighted by atomic mass is 79.9. The zero-order valence-electron chi connectivity index (χ0n) is 11.5. The van der Waals surface area contributed by atoms with Crippen LogP contribution >= 0.6 is 15.9 Å². The van der Waals surface area contributed by atoms with Gasteiger partial charge in [0.15, 0.2) is 0 Å². The van der Waals surface area contributed by atoms with Crippen molar-refractivity contribution in [2.45, 2.75) is 43.8 Å². The van der Waals surface area contributed by atoms with Gasteiger partial charge in [0.25, 0.3) is 0 Å². The van der Waals surface area contributed by atoms with Gasteiger partial charge < -0.3 is 14.6 Å². The highest BCUT2D eigenvalue weighted by molar-refractivity contribution is 9.10. The molecule has 1 aliphatic rings. The lowest BCUT2D eigenvalue weighted by atomic mass is 9.79. The van der Waals surface area contributed by atoms with E-state index in [1.54, 1.807) is 14.2 Å². The van der Waals surface area contributed by atoms with Crippen molar-refractivity contribution in [2.75, 3.05) is 14.2 Å². The molecule has 2 rings (SSSR count). The van der Waals surface area contributed by atoms with Crippen molar-refractivity contribution in [1.29, 1.82) is 0 Å². The largest absolute Gasteiger partial charge is 0.497 e. The molecular weight excluding hydrogens is 308 g/mol. The van der Waals surface area contributed by atoms with E-state index in [4.69, 9.17) is 9.47 Å². The normalized spacial score (nSPS) is 27.3. The number of aliphatic hydroxyl groups is 1. The van der Waals surface area contributed by atoms with E-state index >= 15 is 0 Å². The van der Waals surface area contributed by atoms with Crippen molar-refractivity contribution in [1.82, 2.24) is 0 Å². The maximum atomic E-state index is 10.8. The van der Waals surface area contributed by atoms with E-state index in [9.17, 15) is 5.11 Å². The Morgan fingerprint density at radius 1 is 1.42 bits per heavy atom. The summed E-state index contributed by atoms with van der Waals surface area (Å²) >= 11 is 3.54. The zero-order chi connectivity index (χ0) is 13.9. The molecule has 4 heteroatoms. The summed E-state index contributed by atoms with van der Waals surface area (Å²) in [5.41, 5.74) is 0.409. The third kappa shape index (κ3) is 3.71. The van der Waals surface area contributed by atoms with E-state index in [-0.39, 0.29) is 6.10 Å². The van der Waals surface area contributed by atoms with Crippen molar-refractivity contribution in [2.24, 2.45) is 0 Å². The van der Waals surface area contributed by atoms with Crippen LogP contribution in [0.4, 0.5) is 0 Å². The Kier molecular flexibility index (Phi) is 4.87. The summed E-state index contributed by atoms with van der Waals surface area (Å²) in [5, 5.41) is 10.8. The van der Waals surface area contributed by atoms with Gasteiger partial charge in [0.1, 0.15) is 5.75 Å². The molecule has 3 nitrogen and oxygen atoms in total. The average molecular weight is 329 g/mol. The Morgan fingerprint density at radius 2 is 2.21 bits per heavy atom. The van der Waals surface area contributed by atoms with Crippen LogP contribution < -0.4 is 4.74 Å². The van der Waals surface area contributed by atoms with Crippen LogP contribution in [0.2, 0.25) is 0 Å². The van der Waals surface area contributed by atoms with Gasteiger partial charge in [-0.25, -0.2) is 0 Å². The molecule has 1 aromatic rings. The minimum atomic E-state index is -0.673. The Morgan fingerprint density at radius 3 is 2.89 bits per heavy atom. The monoisotopic (exact) mass is 328 g/mol. The SMILES string of the molecule is COc1ccc(Br)c(CC2(O)CCCC(OC)C2)c1. The minimum absolute atomic E-state index is 0.170. The average Bonchev–Trinajstić information content (AvgIpc) is 2.41. The molecule has 0 bridgehead atoms. The fourth-order valence-corrected chi connectivity index (χ4v) is 3.20. The molecule has 1 fully saturated rings. The van der Waals surface area contributed by atoms with Crippen molar-refractivity contribution in [3.05, 3.63) is 28.2 Å². The molecule has 2 unspecified atom stereocenters. The van der Waals surface area contributed by atoms with E-state index in [0.29, 0.717) is 12.8 Å². The van der Waals surface area contributed by atoms with Crippen LogP contribution in [-0.4, -0.2) is 31.0 Å². The van der Waals surface area contributed by atoms with Crippen LogP contribution in [0.3, 0.4) is 0 Å². The van der Waals surface area contributed by atoms with Crippen LogP contribution in [0.5, 0.6) is 5.75 Å². The van der Waals surface area contributed by atoms with Crippen molar-refractivity contribution in [3.8, 4) is 5.75 Å². The van der Waals surface area contributed by atoms with Gasteiger partial charge >= 0.3 is 0 Å². The van der Waals surface area contributed by atoms with E-state index in [1.807, 2.05) is 18.2 Å². The standard InChI is InChI=1S/C15H21BrO3/c1-18-12-5-6-14(16)11(8-12)9-15(17)7-3-4-13(10-15)19-2/h5-6,8,13,17H,3-4,7,9-10H2,1-2H3. The molecular formula is C15H21BrO3. The highest BCUT2D eigenvalue weighted by Crippen LogP contribution is 2.35. The van der Waals surface area contributed by atoms with Crippen LogP contribution in [0, 0.1) is 0 Å². The number of methoxy groups -OCH3 is 2. The molecule has 0 heterocycles. The van der Waals surface area contributed by atoms with Gasteiger partial charge in [-0.15, -0.1) is 0 Å². The molecule has 0 saturated heterocycles. The molecule has 0 aliphatic heterocycles. The first-order valence-corrected chi connectivity index (χ1v) is 7.43. The molecule has 0 spiro atoms. The molecule has 2 atom stereocenters. The minimum Gasteiger partial charge on any atom is -0.497 e. The number of hydrogen-bond donors (Lipinski definition) is 1. The number of rotatable bonds is 4. The van der Waals surface area contributed by atoms with Crippen molar-refractivity contribution < 1.29 is 14.6 Å². The summed E-state index contributed by atoms with van der Waals surface area (Å²) < 4.78 is 11.7. The van der Waals surface area contributed by atoms with Crippen molar-refractivity contribution >= 4 is 15.9 Å². The number of ether oxygens (including phenoxy) is 2. The Bertz CT molecular complexity index is 435. The third-order valence-electron chi connectivity index (χ3n) is 3.88. The number of benzene rings is 1. The molecule has 1 aliphatic carbocycles. The second-order valence-electron chi connectivity index (χ2n) is 5.31. The quantitative estimate of drug-likeness (QED) is 0.921. The summed E-state index contributed by atoms with van der Waals surface area (Å²) in [6, 6.07) is 5.86. The Hall–Kier alpha value is -0.580. The first-order valence-electron chi connectivity index (χ1n) is 6.64. The molecule has 106 valence electrons. The third-order valence-corrected chi connectivity index (χ3v) is 4.66. The summed E-state index contributed by atoms with van der Waals surface area (Å²) in [6.45, 7) is 0. The van der Waals surface area contributed by atoms with E-state index in [1.165, 1.54) is 0 Å². The second kappa shape index (κ2) is 6.25. The summed E-state index contributed by atoms with van der Waals surface area (Å²) in [7, 11) is 3.38. The first kappa shape index (κ1) is 14.8.